The van der Waals surface area contributed by atoms with Crippen LogP contribution < -0.4 is 11.1 Å². The van der Waals surface area contributed by atoms with Gasteiger partial charge in [0.25, 0.3) is 0 Å². The summed E-state index contributed by atoms with van der Waals surface area (Å²) in [5.41, 5.74) is 10.3. The zero-order valence-electron chi connectivity index (χ0n) is 8.40. The summed E-state index contributed by atoms with van der Waals surface area (Å²) in [6.07, 6.45) is 1.67. The topological polar surface area (TPSA) is 63.8 Å². The predicted octanol–water partition coefficient (Wildman–Crippen LogP) is 2.04. The van der Waals surface area contributed by atoms with Crippen molar-refractivity contribution in [3.8, 4) is 0 Å². The van der Waals surface area contributed by atoms with Crippen LogP contribution in [-0.4, -0.2) is 9.97 Å². The summed E-state index contributed by atoms with van der Waals surface area (Å²) in [5.74, 6) is 0.828. The van der Waals surface area contributed by atoms with E-state index in [2.05, 4.69) is 15.3 Å². The molecule has 0 saturated carbocycles. The highest BCUT2D eigenvalue weighted by molar-refractivity contribution is 7.07. The maximum absolute atomic E-state index is 5.68. The molecule has 3 N–H and O–H groups in total. The molecule has 4 nitrogen and oxygen atoms in total. The molecule has 0 unspecified atom stereocenters. The first kappa shape index (κ1) is 9.92. The van der Waals surface area contributed by atoms with Crippen LogP contribution in [-0.2, 0) is 6.54 Å². The van der Waals surface area contributed by atoms with E-state index in [1.54, 1.807) is 17.5 Å². The Labute approximate surface area is 92.2 Å². The number of aromatic nitrogens is 2. The van der Waals surface area contributed by atoms with Gasteiger partial charge in [0, 0.05) is 5.38 Å². The molecule has 0 spiro atoms. The molecule has 78 valence electrons. The van der Waals surface area contributed by atoms with E-state index >= 15 is 0 Å². The Kier molecular flexibility index (Phi) is 2.82. The number of rotatable bonds is 3. The number of nitrogens with one attached hydrogen (secondary N) is 1. The van der Waals surface area contributed by atoms with Crippen LogP contribution in [0.4, 0.5) is 11.5 Å². The molecule has 0 aliphatic rings. The van der Waals surface area contributed by atoms with Gasteiger partial charge in [-0.2, -0.15) is 0 Å². The van der Waals surface area contributed by atoms with Crippen molar-refractivity contribution in [2.45, 2.75) is 13.5 Å². The second kappa shape index (κ2) is 4.27. The monoisotopic (exact) mass is 220 g/mol. The van der Waals surface area contributed by atoms with Crippen LogP contribution in [0.15, 0.2) is 23.2 Å². The smallest absolute Gasteiger partial charge is 0.126 e. The molecular weight excluding hydrogens is 208 g/mol. The van der Waals surface area contributed by atoms with Gasteiger partial charge in [0.15, 0.2) is 0 Å². The molecule has 2 heterocycles. The Hall–Kier alpha value is -1.62. The molecule has 0 fully saturated rings. The van der Waals surface area contributed by atoms with Gasteiger partial charge in [0.1, 0.15) is 5.82 Å². The normalized spacial score (nSPS) is 10.2. The van der Waals surface area contributed by atoms with E-state index < -0.39 is 0 Å². The number of nitrogen functional groups attached to an aromatic ring is 1. The number of anilines is 2. The molecule has 0 radical (unpaired) electrons. The van der Waals surface area contributed by atoms with Crippen LogP contribution in [0.5, 0.6) is 0 Å². The first-order chi connectivity index (χ1) is 7.25. The number of pyridine rings is 1. The SMILES string of the molecule is Cc1cc(NCc2cscn2)ncc1N. The van der Waals surface area contributed by atoms with Crippen LogP contribution in [0.25, 0.3) is 0 Å². The van der Waals surface area contributed by atoms with Crippen molar-refractivity contribution in [1.29, 1.82) is 0 Å². The molecule has 0 aliphatic heterocycles. The molecule has 0 bridgehead atoms. The molecule has 15 heavy (non-hydrogen) atoms. The minimum absolute atomic E-state index is 0.694. The van der Waals surface area contributed by atoms with Crippen LogP contribution >= 0.6 is 11.3 Å². The first-order valence-corrected chi connectivity index (χ1v) is 5.53. The van der Waals surface area contributed by atoms with Gasteiger partial charge in [-0.05, 0) is 18.6 Å². The van der Waals surface area contributed by atoms with Crippen molar-refractivity contribution in [1.82, 2.24) is 9.97 Å². The van der Waals surface area contributed by atoms with Crippen molar-refractivity contribution in [3.05, 3.63) is 34.4 Å². The van der Waals surface area contributed by atoms with E-state index in [0.717, 1.165) is 17.1 Å². The maximum Gasteiger partial charge on any atom is 0.126 e. The van der Waals surface area contributed by atoms with Gasteiger partial charge < -0.3 is 11.1 Å². The van der Waals surface area contributed by atoms with Gasteiger partial charge in [-0.1, -0.05) is 0 Å². The molecule has 2 rings (SSSR count). The molecular formula is C10H12N4S. The third-order valence-electron chi connectivity index (χ3n) is 2.09. The maximum atomic E-state index is 5.68. The Morgan fingerprint density at radius 3 is 3.00 bits per heavy atom. The first-order valence-electron chi connectivity index (χ1n) is 4.59. The second-order valence-electron chi connectivity index (χ2n) is 3.26. The predicted molar refractivity (Wildman–Crippen MR) is 62.8 cm³/mol. The lowest BCUT2D eigenvalue weighted by atomic mass is 10.2. The average molecular weight is 220 g/mol. The average Bonchev–Trinajstić information content (AvgIpc) is 2.73. The lowest BCUT2D eigenvalue weighted by Gasteiger charge is -2.05. The van der Waals surface area contributed by atoms with E-state index in [0.29, 0.717) is 12.2 Å². The van der Waals surface area contributed by atoms with Crippen LogP contribution in [0, 0.1) is 6.92 Å². The van der Waals surface area contributed by atoms with Crippen molar-refractivity contribution in [3.63, 3.8) is 0 Å². The highest BCUT2D eigenvalue weighted by atomic mass is 32.1. The second-order valence-corrected chi connectivity index (χ2v) is 3.98. The Balaban J connectivity index is 2.02. The van der Waals surface area contributed by atoms with Gasteiger partial charge >= 0.3 is 0 Å². The zero-order chi connectivity index (χ0) is 10.7. The Bertz CT molecular complexity index is 439. The highest BCUT2D eigenvalue weighted by Gasteiger charge is 1.99. The fraction of sp³-hybridized carbons (Fsp3) is 0.200. The molecule has 2 aromatic rings. The molecule has 0 aromatic carbocycles. The number of nitrogens with zero attached hydrogens (tertiary/aromatic N) is 2. The van der Waals surface area contributed by atoms with E-state index in [1.165, 1.54) is 0 Å². The summed E-state index contributed by atoms with van der Waals surface area (Å²) < 4.78 is 0. The van der Waals surface area contributed by atoms with E-state index in [-0.39, 0.29) is 0 Å². The largest absolute Gasteiger partial charge is 0.397 e. The summed E-state index contributed by atoms with van der Waals surface area (Å²) in [4.78, 5) is 8.35. The molecule has 0 saturated heterocycles. The summed E-state index contributed by atoms with van der Waals surface area (Å²) in [6, 6.07) is 1.93. The lowest BCUT2D eigenvalue weighted by Crippen LogP contribution is -2.02. The molecule has 2 aromatic heterocycles. The number of nitrogens with two attached hydrogens (primary N) is 1. The van der Waals surface area contributed by atoms with E-state index in [1.807, 2.05) is 23.9 Å². The quantitative estimate of drug-likeness (QED) is 0.830. The summed E-state index contributed by atoms with van der Waals surface area (Å²) >= 11 is 1.59. The van der Waals surface area contributed by atoms with Gasteiger partial charge in [0.2, 0.25) is 0 Å². The fourth-order valence-electron chi connectivity index (χ4n) is 1.17. The number of aryl methyl sites for hydroxylation is 1. The van der Waals surface area contributed by atoms with Gasteiger partial charge in [-0.25, -0.2) is 9.97 Å². The van der Waals surface area contributed by atoms with Crippen molar-refractivity contribution in [2.75, 3.05) is 11.1 Å². The minimum atomic E-state index is 0.694. The summed E-state index contributed by atoms with van der Waals surface area (Å²) in [5, 5.41) is 5.20. The van der Waals surface area contributed by atoms with Gasteiger partial charge in [-0.15, -0.1) is 11.3 Å². The molecule has 0 atom stereocenters. The van der Waals surface area contributed by atoms with Crippen LogP contribution in [0.3, 0.4) is 0 Å². The summed E-state index contributed by atoms with van der Waals surface area (Å²) in [6.45, 7) is 2.66. The van der Waals surface area contributed by atoms with Crippen molar-refractivity contribution < 1.29 is 0 Å². The number of thiazole rings is 1. The van der Waals surface area contributed by atoms with Crippen LogP contribution in [0.1, 0.15) is 11.3 Å². The molecule has 0 amide bonds. The number of hydrogen-bond acceptors (Lipinski definition) is 5. The third kappa shape index (κ3) is 2.44. The highest BCUT2D eigenvalue weighted by Crippen LogP contribution is 2.13. The fourth-order valence-corrected chi connectivity index (χ4v) is 1.73. The van der Waals surface area contributed by atoms with E-state index in [4.69, 9.17) is 5.73 Å². The molecule has 5 heteroatoms. The van der Waals surface area contributed by atoms with Crippen molar-refractivity contribution in [2.24, 2.45) is 0 Å². The lowest BCUT2D eigenvalue weighted by molar-refractivity contribution is 1.05. The molecule has 0 aliphatic carbocycles. The van der Waals surface area contributed by atoms with E-state index in [9.17, 15) is 0 Å². The van der Waals surface area contributed by atoms with Gasteiger partial charge in [-0.3, -0.25) is 0 Å². The third-order valence-corrected chi connectivity index (χ3v) is 2.72. The van der Waals surface area contributed by atoms with Crippen LogP contribution in [0.2, 0.25) is 0 Å². The number of hydrogen-bond donors (Lipinski definition) is 2. The Morgan fingerprint density at radius 2 is 2.33 bits per heavy atom. The minimum Gasteiger partial charge on any atom is -0.397 e. The van der Waals surface area contributed by atoms with Gasteiger partial charge in [0.05, 0.1) is 29.6 Å². The standard InChI is InChI=1S/C10H12N4S/c1-7-2-10(13-4-9(7)11)12-3-8-5-15-6-14-8/h2,4-6H,3,11H2,1H3,(H,12,13). The summed E-state index contributed by atoms with van der Waals surface area (Å²) in [7, 11) is 0. The Morgan fingerprint density at radius 1 is 1.47 bits per heavy atom. The zero-order valence-corrected chi connectivity index (χ0v) is 9.21. The van der Waals surface area contributed by atoms with Crippen molar-refractivity contribution >= 4 is 22.8 Å².